The number of rotatable bonds is 9. The highest BCUT2D eigenvalue weighted by Gasteiger charge is 2.23. The highest BCUT2D eigenvalue weighted by molar-refractivity contribution is 5.78. The Hall–Kier alpha value is -1.88. The number of nitrogens with one attached hydrogen (secondary N) is 1. The van der Waals surface area contributed by atoms with Crippen molar-refractivity contribution in [3.05, 3.63) is 35.9 Å². The Morgan fingerprint density at radius 2 is 2.00 bits per heavy atom. The second-order valence-corrected chi connectivity index (χ2v) is 6.33. The zero-order valence-electron chi connectivity index (χ0n) is 14.0. The summed E-state index contributed by atoms with van der Waals surface area (Å²) in [5, 5.41) is 2.98. The molecule has 0 spiro atoms. The van der Waals surface area contributed by atoms with Crippen LogP contribution in [0, 0.1) is 11.8 Å². The van der Waals surface area contributed by atoms with Crippen LogP contribution in [-0.2, 0) is 20.9 Å². The second-order valence-electron chi connectivity index (χ2n) is 6.33. The normalized spacial score (nSPS) is 15.3. The Morgan fingerprint density at radius 3 is 2.61 bits per heavy atom. The Kier molecular flexibility index (Phi) is 6.59. The molecule has 1 unspecified atom stereocenters. The number of methoxy groups -OCH3 is 1. The highest BCUT2D eigenvalue weighted by Crippen LogP contribution is 2.27. The maximum Gasteiger partial charge on any atom is 0.309 e. The van der Waals surface area contributed by atoms with Gasteiger partial charge in [0, 0.05) is 19.6 Å². The third-order valence-electron chi connectivity index (χ3n) is 4.04. The van der Waals surface area contributed by atoms with E-state index in [9.17, 15) is 9.59 Å². The molecule has 0 heterocycles. The zero-order valence-corrected chi connectivity index (χ0v) is 14.0. The van der Waals surface area contributed by atoms with Crippen molar-refractivity contribution < 1.29 is 14.3 Å². The molecule has 5 nitrogen and oxygen atoms in total. The van der Waals surface area contributed by atoms with Crippen molar-refractivity contribution in [3.8, 4) is 0 Å². The van der Waals surface area contributed by atoms with E-state index in [-0.39, 0.29) is 17.8 Å². The average molecular weight is 318 g/mol. The number of carbonyl (C=O) groups excluding carboxylic acids is 2. The van der Waals surface area contributed by atoms with Gasteiger partial charge in [0.15, 0.2) is 0 Å². The summed E-state index contributed by atoms with van der Waals surface area (Å²) in [5.41, 5.74) is 1.12. The van der Waals surface area contributed by atoms with Crippen molar-refractivity contribution in [1.82, 2.24) is 10.2 Å². The predicted octanol–water partition coefficient (Wildman–Crippen LogP) is 1.82. The molecule has 2 rings (SSSR count). The Bertz CT molecular complexity index is 514. The SMILES string of the molecule is COC(=O)C(C)CN(CC(=O)NCC1CC1)Cc1ccccc1. The molecule has 1 aliphatic rings. The fourth-order valence-corrected chi connectivity index (χ4v) is 2.53. The summed E-state index contributed by atoms with van der Waals surface area (Å²) >= 11 is 0. The van der Waals surface area contributed by atoms with Gasteiger partial charge in [0.1, 0.15) is 0 Å². The smallest absolute Gasteiger partial charge is 0.309 e. The lowest BCUT2D eigenvalue weighted by molar-refractivity contribution is -0.145. The molecule has 0 radical (unpaired) electrons. The van der Waals surface area contributed by atoms with Crippen LogP contribution in [0.5, 0.6) is 0 Å². The maximum atomic E-state index is 12.1. The van der Waals surface area contributed by atoms with Gasteiger partial charge >= 0.3 is 5.97 Å². The lowest BCUT2D eigenvalue weighted by Gasteiger charge is -2.24. The van der Waals surface area contributed by atoms with E-state index in [1.54, 1.807) is 0 Å². The molecular weight excluding hydrogens is 292 g/mol. The van der Waals surface area contributed by atoms with Gasteiger partial charge in [0.05, 0.1) is 19.6 Å². The highest BCUT2D eigenvalue weighted by atomic mass is 16.5. The first-order chi connectivity index (χ1) is 11.1. The number of amides is 1. The van der Waals surface area contributed by atoms with Gasteiger partial charge in [0.25, 0.3) is 0 Å². The molecule has 1 saturated carbocycles. The van der Waals surface area contributed by atoms with Crippen LogP contribution in [0.1, 0.15) is 25.3 Å². The fourth-order valence-electron chi connectivity index (χ4n) is 2.53. The van der Waals surface area contributed by atoms with Gasteiger partial charge in [0.2, 0.25) is 5.91 Å². The van der Waals surface area contributed by atoms with Crippen molar-refractivity contribution >= 4 is 11.9 Å². The summed E-state index contributed by atoms with van der Waals surface area (Å²) < 4.78 is 4.79. The van der Waals surface area contributed by atoms with Crippen LogP contribution >= 0.6 is 0 Å². The van der Waals surface area contributed by atoms with Crippen LogP contribution in [0.4, 0.5) is 0 Å². The summed E-state index contributed by atoms with van der Waals surface area (Å²) in [7, 11) is 1.39. The molecule has 5 heteroatoms. The average Bonchev–Trinajstić information content (AvgIpc) is 3.37. The van der Waals surface area contributed by atoms with Crippen molar-refractivity contribution in [2.75, 3.05) is 26.7 Å². The van der Waals surface area contributed by atoms with Crippen LogP contribution < -0.4 is 5.32 Å². The Balaban J connectivity index is 1.91. The lowest BCUT2D eigenvalue weighted by atomic mass is 10.1. The minimum absolute atomic E-state index is 0.0184. The molecule has 1 aliphatic carbocycles. The first-order valence-electron chi connectivity index (χ1n) is 8.19. The monoisotopic (exact) mass is 318 g/mol. The zero-order chi connectivity index (χ0) is 16.7. The van der Waals surface area contributed by atoms with Gasteiger partial charge in [-0.2, -0.15) is 0 Å². The van der Waals surface area contributed by atoms with Gasteiger partial charge in [-0.15, -0.1) is 0 Å². The first kappa shape index (κ1) is 17.5. The molecule has 1 N–H and O–H groups in total. The number of esters is 1. The Labute approximate surface area is 138 Å². The van der Waals surface area contributed by atoms with Crippen molar-refractivity contribution in [2.24, 2.45) is 11.8 Å². The minimum atomic E-state index is -0.264. The third kappa shape index (κ3) is 6.40. The molecule has 23 heavy (non-hydrogen) atoms. The summed E-state index contributed by atoms with van der Waals surface area (Å²) in [5.74, 6) is 0.168. The van der Waals surface area contributed by atoms with E-state index in [1.165, 1.54) is 20.0 Å². The first-order valence-corrected chi connectivity index (χ1v) is 8.19. The van der Waals surface area contributed by atoms with Crippen LogP contribution in [-0.4, -0.2) is 43.5 Å². The lowest BCUT2D eigenvalue weighted by Crippen LogP contribution is -2.40. The van der Waals surface area contributed by atoms with Crippen molar-refractivity contribution in [2.45, 2.75) is 26.3 Å². The van der Waals surface area contributed by atoms with Crippen LogP contribution in [0.3, 0.4) is 0 Å². The second kappa shape index (κ2) is 8.67. The molecule has 1 fully saturated rings. The van der Waals surface area contributed by atoms with Gasteiger partial charge in [-0.05, 0) is 24.3 Å². The molecule has 1 amide bonds. The molecule has 0 aliphatic heterocycles. The van der Waals surface area contributed by atoms with E-state index in [1.807, 2.05) is 42.2 Å². The van der Waals surface area contributed by atoms with Gasteiger partial charge in [-0.3, -0.25) is 14.5 Å². The topological polar surface area (TPSA) is 58.6 Å². The van der Waals surface area contributed by atoms with E-state index in [0.717, 1.165) is 12.1 Å². The van der Waals surface area contributed by atoms with Crippen molar-refractivity contribution in [3.63, 3.8) is 0 Å². The number of carbonyl (C=O) groups is 2. The predicted molar refractivity (Wildman–Crippen MR) is 88.6 cm³/mol. The number of benzene rings is 1. The van der Waals surface area contributed by atoms with Gasteiger partial charge in [-0.1, -0.05) is 37.3 Å². The molecular formula is C18H26N2O3. The minimum Gasteiger partial charge on any atom is -0.469 e. The van der Waals surface area contributed by atoms with Crippen molar-refractivity contribution in [1.29, 1.82) is 0 Å². The summed E-state index contributed by atoms with van der Waals surface area (Å²) in [6.45, 7) is 4.02. The van der Waals surface area contributed by atoms with E-state index in [0.29, 0.717) is 25.6 Å². The number of hydrogen-bond acceptors (Lipinski definition) is 4. The number of hydrogen-bond donors (Lipinski definition) is 1. The quantitative estimate of drug-likeness (QED) is 0.706. The summed E-state index contributed by atoms with van der Waals surface area (Å²) in [4.78, 5) is 25.8. The van der Waals surface area contributed by atoms with Crippen LogP contribution in [0.15, 0.2) is 30.3 Å². The Morgan fingerprint density at radius 1 is 1.30 bits per heavy atom. The third-order valence-corrected chi connectivity index (χ3v) is 4.04. The summed E-state index contributed by atoms with van der Waals surface area (Å²) in [6, 6.07) is 9.97. The molecule has 1 atom stereocenters. The molecule has 0 bridgehead atoms. The maximum absolute atomic E-state index is 12.1. The molecule has 126 valence electrons. The molecule has 1 aromatic carbocycles. The summed E-state index contributed by atoms with van der Waals surface area (Å²) in [6.07, 6.45) is 2.43. The standard InChI is InChI=1S/C18H26N2O3/c1-14(18(22)23-2)11-20(12-16-6-4-3-5-7-16)13-17(21)19-10-15-8-9-15/h3-7,14-15H,8-13H2,1-2H3,(H,19,21). The van der Waals surface area contributed by atoms with E-state index in [4.69, 9.17) is 4.74 Å². The largest absolute Gasteiger partial charge is 0.469 e. The number of ether oxygens (including phenoxy) is 1. The molecule has 0 saturated heterocycles. The van der Waals surface area contributed by atoms with E-state index in [2.05, 4.69) is 5.32 Å². The van der Waals surface area contributed by atoms with E-state index >= 15 is 0 Å². The number of nitrogens with zero attached hydrogens (tertiary/aromatic N) is 1. The van der Waals surface area contributed by atoms with Gasteiger partial charge in [-0.25, -0.2) is 0 Å². The van der Waals surface area contributed by atoms with E-state index < -0.39 is 0 Å². The molecule has 0 aromatic heterocycles. The fraction of sp³-hybridized carbons (Fsp3) is 0.556. The van der Waals surface area contributed by atoms with Gasteiger partial charge < -0.3 is 10.1 Å². The molecule has 1 aromatic rings. The van der Waals surface area contributed by atoms with Crippen LogP contribution in [0.2, 0.25) is 0 Å². The van der Waals surface area contributed by atoms with Crippen LogP contribution in [0.25, 0.3) is 0 Å².